The van der Waals surface area contributed by atoms with Crippen molar-refractivity contribution in [3.8, 4) is 0 Å². The van der Waals surface area contributed by atoms with E-state index in [9.17, 15) is 4.79 Å². The molecule has 1 amide bonds. The first kappa shape index (κ1) is 12.8. The van der Waals surface area contributed by atoms with Crippen LogP contribution in [0, 0.1) is 0 Å². The average Bonchev–Trinajstić information content (AvgIpc) is 2.90. The van der Waals surface area contributed by atoms with Gasteiger partial charge in [-0.3, -0.25) is 4.79 Å². The van der Waals surface area contributed by atoms with E-state index < -0.39 is 0 Å². The molecule has 1 N–H and O–H groups in total. The number of carbonyl (C=O) groups is 1. The predicted molar refractivity (Wildman–Crippen MR) is 76.8 cm³/mol. The summed E-state index contributed by atoms with van der Waals surface area (Å²) in [5.41, 5.74) is 1.09. The van der Waals surface area contributed by atoms with Crippen molar-refractivity contribution in [1.82, 2.24) is 5.32 Å². The number of thiophene rings is 2. The van der Waals surface area contributed by atoms with Gasteiger partial charge < -0.3 is 5.32 Å². The third kappa shape index (κ3) is 4.26. The number of halogens is 1. The van der Waals surface area contributed by atoms with Crippen molar-refractivity contribution in [3.05, 3.63) is 43.2 Å². The Hall–Kier alpha value is -0.650. The zero-order chi connectivity index (χ0) is 12.1. The maximum Gasteiger partial charge on any atom is 0.224 e. The largest absolute Gasteiger partial charge is 0.355 e. The third-order valence-corrected chi connectivity index (χ3v) is 4.68. The van der Waals surface area contributed by atoms with Crippen LogP contribution < -0.4 is 5.32 Å². The van der Waals surface area contributed by atoms with E-state index in [1.165, 1.54) is 4.88 Å². The van der Waals surface area contributed by atoms with Gasteiger partial charge in [-0.05, 0) is 56.9 Å². The number of amides is 1. The number of nitrogens with one attached hydrogen (secondary N) is 1. The van der Waals surface area contributed by atoms with Crippen molar-refractivity contribution in [2.24, 2.45) is 0 Å². The fourth-order valence-corrected chi connectivity index (χ4v) is 3.60. The molecule has 2 aromatic heterocycles. The van der Waals surface area contributed by atoms with Crippen LogP contribution in [0.2, 0.25) is 0 Å². The van der Waals surface area contributed by atoms with Gasteiger partial charge in [-0.2, -0.15) is 11.3 Å². The summed E-state index contributed by atoms with van der Waals surface area (Å²) < 4.78 is 1.14. The molecule has 90 valence electrons. The van der Waals surface area contributed by atoms with E-state index in [1.807, 2.05) is 22.9 Å². The topological polar surface area (TPSA) is 29.1 Å². The summed E-state index contributed by atoms with van der Waals surface area (Å²) in [5.74, 6) is 0.0963. The maximum atomic E-state index is 11.6. The van der Waals surface area contributed by atoms with E-state index in [0.717, 1.165) is 15.8 Å². The first-order valence-electron chi connectivity index (χ1n) is 5.26. The molecule has 5 heteroatoms. The minimum absolute atomic E-state index is 0.0963. The number of carbonyl (C=O) groups excluding carboxylic acids is 1. The van der Waals surface area contributed by atoms with E-state index in [0.29, 0.717) is 13.0 Å². The van der Waals surface area contributed by atoms with Gasteiger partial charge in [-0.1, -0.05) is 0 Å². The van der Waals surface area contributed by atoms with Gasteiger partial charge in [0.25, 0.3) is 0 Å². The van der Waals surface area contributed by atoms with Crippen LogP contribution in [0.25, 0.3) is 0 Å². The van der Waals surface area contributed by atoms with E-state index in [1.54, 1.807) is 22.7 Å². The van der Waals surface area contributed by atoms with E-state index in [4.69, 9.17) is 0 Å². The Morgan fingerprint density at radius 2 is 2.24 bits per heavy atom. The summed E-state index contributed by atoms with van der Waals surface area (Å²) >= 11 is 6.76. The zero-order valence-electron chi connectivity index (χ0n) is 9.11. The Balaban J connectivity index is 1.70. The summed E-state index contributed by atoms with van der Waals surface area (Å²) in [4.78, 5) is 12.9. The van der Waals surface area contributed by atoms with Gasteiger partial charge >= 0.3 is 0 Å². The number of hydrogen-bond donors (Lipinski definition) is 1. The van der Waals surface area contributed by atoms with Gasteiger partial charge in [0.1, 0.15) is 0 Å². The second kappa shape index (κ2) is 6.33. The van der Waals surface area contributed by atoms with Crippen LogP contribution in [0.15, 0.2) is 32.7 Å². The summed E-state index contributed by atoms with van der Waals surface area (Å²) in [7, 11) is 0. The Labute approximate surface area is 117 Å². The summed E-state index contributed by atoms with van der Waals surface area (Å²) in [5, 5.41) is 6.94. The number of rotatable bonds is 5. The standard InChI is InChI=1S/C12H12BrNOS2/c13-11-2-1-10(17-11)3-5-14-12(15)7-9-4-6-16-8-9/h1-2,4,6,8H,3,5,7H2,(H,14,15). The summed E-state index contributed by atoms with van der Waals surface area (Å²) in [6, 6.07) is 6.10. The van der Waals surface area contributed by atoms with Gasteiger partial charge in [0, 0.05) is 11.4 Å². The molecule has 0 aliphatic rings. The molecule has 0 saturated heterocycles. The fourth-order valence-electron chi connectivity index (χ4n) is 1.45. The molecule has 0 unspecified atom stereocenters. The molecule has 2 heterocycles. The van der Waals surface area contributed by atoms with Crippen molar-refractivity contribution in [3.63, 3.8) is 0 Å². The van der Waals surface area contributed by atoms with Crippen molar-refractivity contribution in [1.29, 1.82) is 0 Å². The zero-order valence-corrected chi connectivity index (χ0v) is 12.3. The molecule has 0 aliphatic heterocycles. The van der Waals surface area contributed by atoms with Gasteiger partial charge in [-0.25, -0.2) is 0 Å². The molecule has 0 saturated carbocycles. The SMILES string of the molecule is O=C(Cc1ccsc1)NCCc1ccc(Br)s1. The highest BCUT2D eigenvalue weighted by molar-refractivity contribution is 9.11. The molecule has 2 nitrogen and oxygen atoms in total. The molecule has 2 rings (SSSR count). The Morgan fingerprint density at radius 1 is 1.35 bits per heavy atom. The van der Waals surface area contributed by atoms with Gasteiger partial charge in [0.2, 0.25) is 5.91 Å². The summed E-state index contributed by atoms with van der Waals surface area (Å²) in [6.07, 6.45) is 1.38. The van der Waals surface area contributed by atoms with Crippen LogP contribution in [-0.4, -0.2) is 12.5 Å². The molecule has 0 spiro atoms. The maximum absolute atomic E-state index is 11.6. The number of hydrogen-bond acceptors (Lipinski definition) is 3. The predicted octanol–water partition coefficient (Wildman–Crippen LogP) is 3.47. The van der Waals surface area contributed by atoms with Crippen molar-refractivity contribution < 1.29 is 4.79 Å². The van der Waals surface area contributed by atoms with Gasteiger partial charge in [0.15, 0.2) is 0 Å². The smallest absolute Gasteiger partial charge is 0.224 e. The van der Waals surface area contributed by atoms with Crippen LogP contribution >= 0.6 is 38.6 Å². The Bertz CT molecular complexity index is 478. The van der Waals surface area contributed by atoms with Crippen LogP contribution in [-0.2, 0) is 17.6 Å². The van der Waals surface area contributed by atoms with Gasteiger partial charge in [0.05, 0.1) is 10.2 Å². The molecule has 0 atom stereocenters. The lowest BCUT2D eigenvalue weighted by Gasteiger charge is -2.02. The normalized spacial score (nSPS) is 10.4. The van der Waals surface area contributed by atoms with E-state index >= 15 is 0 Å². The van der Waals surface area contributed by atoms with E-state index in [-0.39, 0.29) is 5.91 Å². The molecule has 2 aromatic rings. The quantitative estimate of drug-likeness (QED) is 0.894. The van der Waals surface area contributed by atoms with Crippen molar-refractivity contribution in [2.75, 3.05) is 6.54 Å². The highest BCUT2D eigenvalue weighted by Gasteiger charge is 2.03. The molecule has 0 fully saturated rings. The van der Waals surface area contributed by atoms with Crippen LogP contribution in [0.5, 0.6) is 0 Å². The Kier molecular flexibility index (Phi) is 4.76. The van der Waals surface area contributed by atoms with Crippen molar-refractivity contribution in [2.45, 2.75) is 12.8 Å². The second-order valence-corrected chi connectivity index (χ2v) is 6.94. The molecule has 17 heavy (non-hydrogen) atoms. The molecular weight excluding hydrogens is 318 g/mol. The molecule has 0 bridgehead atoms. The lowest BCUT2D eigenvalue weighted by molar-refractivity contribution is -0.120. The first-order valence-corrected chi connectivity index (χ1v) is 7.81. The van der Waals surface area contributed by atoms with Crippen LogP contribution in [0.1, 0.15) is 10.4 Å². The second-order valence-electron chi connectivity index (χ2n) is 3.61. The van der Waals surface area contributed by atoms with Gasteiger partial charge in [-0.15, -0.1) is 11.3 Å². The van der Waals surface area contributed by atoms with Crippen LogP contribution in [0.3, 0.4) is 0 Å². The highest BCUT2D eigenvalue weighted by Crippen LogP contribution is 2.22. The minimum Gasteiger partial charge on any atom is -0.355 e. The first-order chi connectivity index (χ1) is 8.24. The average molecular weight is 330 g/mol. The fraction of sp³-hybridized carbons (Fsp3) is 0.250. The molecule has 0 radical (unpaired) electrons. The van der Waals surface area contributed by atoms with Crippen molar-refractivity contribution >= 4 is 44.5 Å². The third-order valence-electron chi connectivity index (χ3n) is 2.27. The molecular formula is C12H12BrNOS2. The monoisotopic (exact) mass is 329 g/mol. The van der Waals surface area contributed by atoms with Crippen LogP contribution in [0.4, 0.5) is 0 Å². The summed E-state index contributed by atoms with van der Waals surface area (Å²) in [6.45, 7) is 0.704. The minimum atomic E-state index is 0.0963. The highest BCUT2D eigenvalue weighted by atomic mass is 79.9. The molecule has 0 aliphatic carbocycles. The lowest BCUT2D eigenvalue weighted by atomic mass is 10.2. The Morgan fingerprint density at radius 3 is 2.88 bits per heavy atom. The molecule has 0 aromatic carbocycles. The van der Waals surface area contributed by atoms with E-state index in [2.05, 4.69) is 27.3 Å². The lowest BCUT2D eigenvalue weighted by Crippen LogP contribution is -2.26.